The van der Waals surface area contributed by atoms with Crippen molar-refractivity contribution in [1.82, 2.24) is 0 Å². The van der Waals surface area contributed by atoms with E-state index in [4.69, 9.17) is 0 Å². The minimum Gasteiger partial charge on any atom is -0.0625 e. The Morgan fingerprint density at radius 2 is 2.10 bits per heavy atom. The van der Waals surface area contributed by atoms with Gasteiger partial charge in [-0.05, 0) is 37.0 Å². The normalized spacial score (nSPS) is 34.8. The van der Waals surface area contributed by atoms with Crippen LogP contribution in [0.2, 0.25) is 0 Å². The standard InChI is InChI=1S/C10H19/c1-8(2)10-6-4-5-9(3)7-10/h6,8-10H,4-5,7H2,1-3H3. The molecular weight excluding hydrogens is 120 g/mol. The van der Waals surface area contributed by atoms with Crippen molar-refractivity contribution in [3.8, 4) is 0 Å². The second kappa shape index (κ2) is 3.41. The van der Waals surface area contributed by atoms with Gasteiger partial charge in [-0.1, -0.05) is 27.2 Å². The molecule has 0 aromatic heterocycles. The zero-order chi connectivity index (χ0) is 7.56. The van der Waals surface area contributed by atoms with Crippen molar-refractivity contribution in [3.63, 3.8) is 0 Å². The average molecular weight is 139 g/mol. The summed E-state index contributed by atoms with van der Waals surface area (Å²) in [6.45, 7) is 7.04. The van der Waals surface area contributed by atoms with Crippen molar-refractivity contribution >= 4 is 0 Å². The lowest BCUT2D eigenvalue weighted by atomic mass is 9.77. The highest BCUT2D eigenvalue weighted by Crippen LogP contribution is 2.32. The molecule has 0 N–H and O–H groups in total. The van der Waals surface area contributed by atoms with Crippen molar-refractivity contribution in [2.75, 3.05) is 0 Å². The van der Waals surface area contributed by atoms with Crippen molar-refractivity contribution < 1.29 is 0 Å². The number of hydrogen-bond acceptors (Lipinski definition) is 0. The van der Waals surface area contributed by atoms with E-state index in [2.05, 4.69) is 27.2 Å². The highest BCUT2D eigenvalue weighted by atomic mass is 14.3. The van der Waals surface area contributed by atoms with Crippen LogP contribution in [0.3, 0.4) is 0 Å². The SMILES string of the molecule is CC1CC[CH]C(C(C)C)C1. The maximum atomic E-state index is 2.52. The van der Waals surface area contributed by atoms with Gasteiger partial charge in [0.2, 0.25) is 0 Å². The third-order valence-electron chi connectivity index (χ3n) is 2.66. The lowest BCUT2D eigenvalue weighted by Crippen LogP contribution is -2.18. The first-order valence-electron chi connectivity index (χ1n) is 4.53. The molecule has 0 aromatic carbocycles. The molecule has 0 aromatic rings. The molecule has 2 atom stereocenters. The summed E-state index contributed by atoms with van der Waals surface area (Å²) in [5.41, 5.74) is 0. The lowest BCUT2D eigenvalue weighted by molar-refractivity contribution is 0.286. The molecule has 1 saturated carbocycles. The van der Waals surface area contributed by atoms with E-state index in [1.165, 1.54) is 19.3 Å². The summed E-state index contributed by atoms with van der Waals surface area (Å²) in [5.74, 6) is 2.74. The Bertz CT molecular complexity index is 94.2. The highest BCUT2D eigenvalue weighted by molar-refractivity contribution is 4.85. The monoisotopic (exact) mass is 139 g/mol. The average Bonchev–Trinajstić information content (AvgIpc) is 1.88. The van der Waals surface area contributed by atoms with Crippen LogP contribution < -0.4 is 0 Å². The number of rotatable bonds is 1. The molecule has 1 fully saturated rings. The topological polar surface area (TPSA) is 0 Å². The summed E-state index contributed by atoms with van der Waals surface area (Å²) in [6.07, 6.45) is 6.72. The maximum Gasteiger partial charge on any atom is -0.0352 e. The zero-order valence-electron chi connectivity index (χ0n) is 7.43. The Morgan fingerprint density at radius 3 is 2.50 bits per heavy atom. The van der Waals surface area contributed by atoms with Gasteiger partial charge in [0.25, 0.3) is 0 Å². The first-order valence-corrected chi connectivity index (χ1v) is 4.53. The summed E-state index contributed by atoms with van der Waals surface area (Å²) in [6, 6.07) is 0. The summed E-state index contributed by atoms with van der Waals surface area (Å²) in [4.78, 5) is 0. The summed E-state index contributed by atoms with van der Waals surface area (Å²) in [7, 11) is 0. The van der Waals surface area contributed by atoms with Gasteiger partial charge in [-0.3, -0.25) is 0 Å². The minimum absolute atomic E-state index is 0.864. The molecule has 1 radical (unpaired) electrons. The highest BCUT2D eigenvalue weighted by Gasteiger charge is 2.20. The van der Waals surface area contributed by atoms with Gasteiger partial charge in [-0.2, -0.15) is 0 Å². The predicted octanol–water partition coefficient (Wildman–Crippen LogP) is 3.28. The van der Waals surface area contributed by atoms with E-state index in [0.29, 0.717) is 0 Å². The summed E-state index contributed by atoms with van der Waals surface area (Å²) >= 11 is 0. The van der Waals surface area contributed by atoms with Crippen LogP contribution in [-0.2, 0) is 0 Å². The molecule has 1 aliphatic carbocycles. The largest absolute Gasteiger partial charge is 0.0625 e. The van der Waals surface area contributed by atoms with E-state index in [9.17, 15) is 0 Å². The van der Waals surface area contributed by atoms with Crippen LogP contribution in [0.15, 0.2) is 0 Å². The Labute approximate surface area is 65.0 Å². The van der Waals surface area contributed by atoms with Crippen molar-refractivity contribution in [1.29, 1.82) is 0 Å². The van der Waals surface area contributed by atoms with Gasteiger partial charge in [-0.15, -0.1) is 0 Å². The maximum absolute atomic E-state index is 2.52. The molecule has 59 valence electrons. The molecule has 0 nitrogen and oxygen atoms in total. The fourth-order valence-corrected chi connectivity index (χ4v) is 1.82. The Hall–Kier alpha value is 0. The van der Waals surface area contributed by atoms with Gasteiger partial charge in [0, 0.05) is 0 Å². The fourth-order valence-electron chi connectivity index (χ4n) is 1.82. The molecule has 10 heavy (non-hydrogen) atoms. The van der Waals surface area contributed by atoms with Crippen molar-refractivity contribution in [2.24, 2.45) is 17.8 Å². The van der Waals surface area contributed by atoms with E-state index in [1.54, 1.807) is 0 Å². The van der Waals surface area contributed by atoms with E-state index in [0.717, 1.165) is 17.8 Å². The van der Waals surface area contributed by atoms with E-state index >= 15 is 0 Å². The van der Waals surface area contributed by atoms with Crippen LogP contribution >= 0.6 is 0 Å². The Balaban J connectivity index is 2.32. The van der Waals surface area contributed by atoms with E-state index in [1.807, 2.05) is 0 Å². The third kappa shape index (κ3) is 2.00. The second-order valence-corrected chi connectivity index (χ2v) is 4.06. The second-order valence-electron chi connectivity index (χ2n) is 4.06. The summed E-state index contributed by atoms with van der Waals surface area (Å²) in [5, 5.41) is 0. The molecular formula is C10H19. The van der Waals surface area contributed by atoms with Crippen LogP contribution in [-0.4, -0.2) is 0 Å². The van der Waals surface area contributed by atoms with Crippen molar-refractivity contribution in [2.45, 2.75) is 40.0 Å². The van der Waals surface area contributed by atoms with Crippen LogP contribution in [0.4, 0.5) is 0 Å². The van der Waals surface area contributed by atoms with Gasteiger partial charge in [0.05, 0.1) is 0 Å². The molecule has 0 aliphatic heterocycles. The molecule has 1 aliphatic rings. The van der Waals surface area contributed by atoms with Gasteiger partial charge in [-0.25, -0.2) is 0 Å². The molecule has 2 unspecified atom stereocenters. The predicted molar refractivity (Wildman–Crippen MR) is 45.6 cm³/mol. The quantitative estimate of drug-likeness (QED) is 0.523. The Morgan fingerprint density at radius 1 is 1.40 bits per heavy atom. The van der Waals surface area contributed by atoms with E-state index < -0.39 is 0 Å². The van der Waals surface area contributed by atoms with Gasteiger partial charge in [0.1, 0.15) is 0 Å². The van der Waals surface area contributed by atoms with Crippen LogP contribution in [0, 0.1) is 24.2 Å². The van der Waals surface area contributed by atoms with Crippen LogP contribution in [0.5, 0.6) is 0 Å². The smallest absolute Gasteiger partial charge is 0.0352 e. The summed E-state index contributed by atoms with van der Waals surface area (Å²) < 4.78 is 0. The first-order chi connectivity index (χ1) is 4.70. The number of hydrogen-bond donors (Lipinski definition) is 0. The van der Waals surface area contributed by atoms with Gasteiger partial charge >= 0.3 is 0 Å². The lowest BCUT2D eigenvalue weighted by Gasteiger charge is -2.29. The van der Waals surface area contributed by atoms with Crippen molar-refractivity contribution in [3.05, 3.63) is 6.42 Å². The van der Waals surface area contributed by atoms with Gasteiger partial charge < -0.3 is 0 Å². The first kappa shape index (κ1) is 8.10. The molecule has 0 spiro atoms. The molecule has 0 amide bonds. The van der Waals surface area contributed by atoms with E-state index in [-0.39, 0.29) is 0 Å². The molecule has 0 heteroatoms. The zero-order valence-corrected chi connectivity index (χ0v) is 7.43. The Kier molecular flexibility index (Phi) is 2.76. The van der Waals surface area contributed by atoms with Gasteiger partial charge in [0.15, 0.2) is 0 Å². The fraction of sp³-hybridized carbons (Fsp3) is 0.900. The molecule has 1 rings (SSSR count). The minimum atomic E-state index is 0.864. The van der Waals surface area contributed by atoms with Crippen LogP contribution in [0.1, 0.15) is 40.0 Å². The molecule has 0 bridgehead atoms. The van der Waals surface area contributed by atoms with Crippen LogP contribution in [0.25, 0.3) is 0 Å². The molecule has 0 saturated heterocycles. The third-order valence-corrected chi connectivity index (χ3v) is 2.66. The molecule has 0 heterocycles.